The second-order valence-corrected chi connectivity index (χ2v) is 13.2. The zero-order chi connectivity index (χ0) is 19.3. The monoisotopic (exact) mass is 380 g/mol. The van der Waals surface area contributed by atoms with Crippen LogP contribution in [0, 0.1) is 11.8 Å². The van der Waals surface area contributed by atoms with E-state index in [-0.39, 0.29) is 12.0 Å². The molecule has 0 aliphatic heterocycles. The largest absolute Gasteiger partial charge is 0.543 e. The van der Waals surface area contributed by atoms with Crippen LogP contribution in [0.2, 0.25) is 19.6 Å². The molecule has 3 atom stereocenters. The van der Waals surface area contributed by atoms with E-state index < -0.39 is 20.2 Å². The van der Waals surface area contributed by atoms with Crippen LogP contribution in [0.1, 0.15) is 43.5 Å². The molecule has 2 rings (SSSR count). The maximum atomic E-state index is 11.9. The van der Waals surface area contributed by atoms with Gasteiger partial charge in [-0.15, -0.1) is 0 Å². The van der Waals surface area contributed by atoms with Crippen LogP contribution in [0.15, 0.2) is 24.3 Å². The Morgan fingerprint density at radius 3 is 2.23 bits per heavy atom. The number of carbonyl (C=O) groups excluding carboxylic acids is 2. The van der Waals surface area contributed by atoms with Crippen molar-refractivity contribution < 1.29 is 29.1 Å². The van der Waals surface area contributed by atoms with E-state index in [2.05, 4.69) is 41.4 Å². The van der Waals surface area contributed by atoms with Crippen LogP contribution in [0.5, 0.6) is 0 Å². The third kappa shape index (κ3) is 5.84. The van der Waals surface area contributed by atoms with Crippen molar-refractivity contribution in [1.29, 1.82) is 0 Å². The summed E-state index contributed by atoms with van der Waals surface area (Å²) < 4.78 is 5.22. The van der Waals surface area contributed by atoms with Crippen molar-refractivity contribution in [2.24, 2.45) is 11.8 Å². The van der Waals surface area contributed by atoms with Gasteiger partial charge in [0.25, 0.3) is 0 Å². The van der Waals surface area contributed by atoms with Crippen molar-refractivity contribution in [3.05, 3.63) is 29.8 Å². The van der Waals surface area contributed by atoms with Gasteiger partial charge in [0.15, 0.2) is 0 Å². The van der Waals surface area contributed by atoms with Crippen molar-refractivity contribution >= 4 is 25.4 Å². The van der Waals surface area contributed by atoms with Crippen LogP contribution in [-0.2, 0) is 19.6 Å². The van der Waals surface area contributed by atoms with Crippen molar-refractivity contribution in [3.8, 4) is 0 Å². The van der Waals surface area contributed by atoms with Gasteiger partial charge in [0.2, 0.25) is 0 Å². The Hall–Kier alpha value is -1.86. The molecule has 7 heteroatoms. The quantitative estimate of drug-likeness (QED) is 0.330. The van der Waals surface area contributed by atoms with Gasteiger partial charge in [-0.1, -0.05) is 50.8 Å². The molecule has 0 radical (unpaired) electrons. The van der Waals surface area contributed by atoms with Gasteiger partial charge >= 0.3 is 12.1 Å². The SMILES string of the molecule is CC1CCC(OC(=O)OOOC(=O)c2ccc([Si](C)(C)C)cc2)C(C)C1. The molecule has 0 bridgehead atoms. The molecule has 144 valence electrons. The van der Waals surface area contributed by atoms with E-state index >= 15 is 0 Å². The second kappa shape index (κ2) is 8.68. The normalized spacial score (nSPS) is 23.2. The van der Waals surface area contributed by atoms with Crippen LogP contribution in [0.25, 0.3) is 0 Å². The summed E-state index contributed by atoms with van der Waals surface area (Å²) in [6.07, 6.45) is 1.60. The average Bonchev–Trinajstić information content (AvgIpc) is 2.56. The molecule has 0 saturated heterocycles. The first-order valence-electron chi connectivity index (χ1n) is 9.03. The third-order valence-electron chi connectivity index (χ3n) is 4.80. The summed E-state index contributed by atoms with van der Waals surface area (Å²) in [6.45, 7) is 10.9. The Labute approximate surface area is 155 Å². The van der Waals surface area contributed by atoms with E-state index in [9.17, 15) is 9.59 Å². The van der Waals surface area contributed by atoms with E-state index in [1.807, 2.05) is 19.1 Å². The Morgan fingerprint density at radius 1 is 1.00 bits per heavy atom. The fourth-order valence-corrected chi connectivity index (χ4v) is 4.35. The minimum absolute atomic E-state index is 0.202. The maximum absolute atomic E-state index is 11.9. The van der Waals surface area contributed by atoms with Crippen LogP contribution in [-0.4, -0.2) is 26.3 Å². The fraction of sp³-hybridized carbons (Fsp3) is 0.579. The molecule has 0 aromatic heterocycles. The Balaban J connectivity index is 1.75. The summed E-state index contributed by atoms with van der Waals surface area (Å²) in [5, 5.41) is 5.52. The predicted molar refractivity (Wildman–Crippen MR) is 99.5 cm³/mol. The summed E-state index contributed by atoms with van der Waals surface area (Å²) in [5.74, 6) is 0.156. The molecule has 0 spiro atoms. The third-order valence-corrected chi connectivity index (χ3v) is 6.86. The number of hydrogen-bond acceptors (Lipinski definition) is 6. The van der Waals surface area contributed by atoms with Crippen molar-refractivity contribution in [3.63, 3.8) is 0 Å². The first kappa shape index (κ1) is 20.4. The van der Waals surface area contributed by atoms with Gasteiger partial charge in [0, 0.05) is 0 Å². The highest BCUT2D eigenvalue weighted by Gasteiger charge is 2.29. The lowest BCUT2D eigenvalue weighted by atomic mass is 9.81. The summed E-state index contributed by atoms with van der Waals surface area (Å²) >= 11 is 0. The zero-order valence-corrected chi connectivity index (χ0v) is 17.1. The fourth-order valence-electron chi connectivity index (χ4n) is 3.19. The van der Waals surface area contributed by atoms with E-state index in [0.29, 0.717) is 11.5 Å². The van der Waals surface area contributed by atoms with E-state index in [1.165, 1.54) is 5.19 Å². The van der Waals surface area contributed by atoms with Crippen molar-refractivity contribution in [2.75, 3.05) is 0 Å². The summed E-state index contributed by atoms with van der Waals surface area (Å²) in [4.78, 5) is 32.5. The summed E-state index contributed by atoms with van der Waals surface area (Å²) in [5.41, 5.74) is 0.318. The molecular formula is C19H28O6Si. The van der Waals surface area contributed by atoms with Crippen LogP contribution >= 0.6 is 0 Å². The number of hydrogen-bond donors (Lipinski definition) is 0. The van der Waals surface area contributed by atoms with Crippen LogP contribution in [0.3, 0.4) is 0 Å². The number of carbonyl (C=O) groups is 2. The molecule has 1 aliphatic rings. The average molecular weight is 381 g/mol. The Bertz CT molecular complexity index is 622. The lowest BCUT2D eigenvalue weighted by Gasteiger charge is -2.31. The van der Waals surface area contributed by atoms with Gasteiger partial charge in [-0.25, -0.2) is 14.5 Å². The zero-order valence-electron chi connectivity index (χ0n) is 16.1. The molecule has 26 heavy (non-hydrogen) atoms. The molecule has 1 aromatic rings. The van der Waals surface area contributed by atoms with Crippen LogP contribution in [0.4, 0.5) is 4.79 Å². The van der Waals surface area contributed by atoms with Gasteiger partial charge in [0.1, 0.15) is 6.10 Å². The molecule has 0 amide bonds. The summed E-state index contributed by atoms with van der Waals surface area (Å²) in [7, 11) is -1.43. The highest BCUT2D eigenvalue weighted by atomic mass is 28.3. The molecule has 1 saturated carbocycles. The Morgan fingerprint density at radius 2 is 1.65 bits per heavy atom. The van der Waals surface area contributed by atoms with E-state index in [4.69, 9.17) is 4.74 Å². The maximum Gasteiger partial charge on any atom is 0.543 e. The smallest absolute Gasteiger partial charge is 0.429 e. The van der Waals surface area contributed by atoms with Gasteiger partial charge in [-0.2, -0.15) is 0 Å². The molecule has 1 aromatic carbocycles. The second-order valence-electron chi connectivity index (χ2n) is 8.15. The highest BCUT2D eigenvalue weighted by molar-refractivity contribution is 6.88. The van der Waals surface area contributed by atoms with E-state index in [0.717, 1.165) is 19.3 Å². The van der Waals surface area contributed by atoms with Gasteiger partial charge < -0.3 is 4.74 Å². The topological polar surface area (TPSA) is 71.1 Å². The van der Waals surface area contributed by atoms with Crippen molar-refractivity contribution in [1.82, 2.24) is 0 Å². The number of ether oxygens (including phenoxy) is 1. The molecule has 0 N–H and O–H groups in total. The van der Waals surface area contributed by atoms with Gasteiger partial charge in [-0.05, 0) is 43.2 Å². The van der Waals surface area contributed by atoms with Gasteiger partial charge in [-0.3, -0.25) is 4.89 Å². The molecule has 6 nitrogen and oxygen atoms in total. The standard InChI is InChI=1S/C19H28O6Si/c1-13-6-11-17(14(2)12-13)22-19(21)24-25-23-18(20)15-7-9-16(10-8-15)26(3,4)5/h7-10,13-14,17H,6,11-12H2,1-5H3. The van der Waals surface area contributed by atoms with E-state index in [1.54, 1.807) is 12.1 Å². The van der Waals surface area contributed by atoms with Crippen molar-refractivity contribution in [2.45, 2.75) is 58.9 Å². The van der Waals surface area contributed by atoms with Gasteiger partial charge in [0.05, 0.1) is 18.7 Å². The minimum Gasteiger partial charge on any atom is -0.429 e. The summed E-state index contributed by atoms with van der Waals surface area (Å²) in [6, 6.07) is 7.15. The molecular weight excluding hydrogens is 352 g/mol. The molecule has 1 aliphatic carbocycles. The molecule has 3 unspecified atom stereocenters. The molecule has 1 fully saturated rings. The van der Waals surface area contributed by atoms with Crippen LogP contribution < -0.4 is 5.19 Å². The lowest BCUT2D eigenvalue weighted by Crippen LogP contribution is -2.37. The minimum atomic E-state index is -1.43. The highest BCUT2D eigenvalue weighted by Crippen LogP contribution is 2.30. The Kier molecular flexibility index (Phi) is 6.83. The number of rotatable bonds is 5. The first-order chi connectivity index (χ1) is 12.2. The number of benzene rings is 1. The molecule has 0 heterocycles. The first-order valence-corrected chi connectivity index (χ1v) is 12.5. The predicted octanol–water partition coefficient (Wildman–Crippen LogP) is 4.21. The lowest BCUT2D eigenvalue weighted by molar-refractivity contribution is -0.453.